The van der Waals surface area contributed by atoms with Gasteiger partial charge >= 0.3 is 11.9 Å². The van der Waals surface area contributed by atoms with Crippen LogP contribution in [0.3, 0.4) is 0 Å². The molecule has 226 valence electrons. The van der Waals surface area contributed by atoms with E-state index < -0.39 is 103 Å². The molecule has 5 amide bonds. The largest absolute Gasteiger partial charge is 0.481 e. The number of aldehydes is 1. The number of nitrogens with one attached hydrogen (secondary N) is 4. The molecule has 0 saturated carbocycles. The number of aliphatic hydroxyl groups is 1. The monoisotopic (exact) mass is 574 g/mol. The summed E-state index contributed by atoms with van der Waals surface area (Å²) in [5, 5.41) is 36.7. The maximum Gasteiger partial charge on any atom is 0.305 e. The Morgan fingerprint density at radius 2 is 1.32 bits per heavy atom. The Kier molecular flexibility index (Phi) is 15.7. The second-order valence-corrected chi connectivity index (χ2v) is 9.54. The molecular weight excluding hydrogens is 536 g/mol. The van der Waals surface area contributed by atoms with E-state index in [9.17, 15) is 43.5 Å². The van der Waals surface area contributed by atoms with Crippen LogP contribution in [0.25, 0.3) is 0 Å². The average Bonchev–Trinajstić information content (AvgIpc) is 2.82. The number of aliphatic hydroxyl groups excluding tert-OH is 1. The Morgan fingerprint density at radius 3 is 1.77 bits per heavy atom. The van der Waals surface area contributed by atoms with Gasteiger partial charge in [0, 0.05) is 6.42 Å². The summed E-state index contributed by atoms with van der Waals surface area (Å²) in [6, 6.07) is -7.48. The minimum atomic E-state index is -1.77. The number of rotatable bonds is 19. The lowest BCUT2D eigenvalue weighted by atomic mass is 10.0. The van der Waals surface area contributed by atoms with Crippen molar-refractivity contribution in [1.82, 2.24) is 21.3 Å². The Balaban J connectivity index is 5.77. The number of carbonyl (C=O) groups excluding carboxylic acids is 6. The van der Waals surface area contributed by atoms with E-state index >= 15 is 0 Å². The number of amides is 5. The SMILES string of the molecule is CC(C)C[C@@H](C=O)NC(=O)[C@H](CC(N)=O)NC(=O)[C@@H](NC(=O)[C@H](CCC(=O)O)NC(=O)[C@@H](N)CC(=O)O)[C@@H](C)O. The summed E-state index contributed by atoms with van der Waals surface area (Å²) in [6.45, 7) is 4.70. The summed E-state index contributed by atoms with van der Waals surface area (Å²) in [5.74, 6) is -8.01. The molecule has 40 heavy (non-hydrogen) atoms. The third-order valence-electron chi connectivity index (χ3n) is 5.33. The lowest BCUT2D eigenvalue weighted by molar-refractivity contribution is -0.140. The third-order valence-corrected chi connectivity index (χ3v) is 5.33. The van der Waals surface area contributed by atoms with Crippen molar-refractivity contribution in [3.63, 3.8) is 0 Å². The van der Waals surface area contributed by atoms with Gasteiger partial charge in [0.15, 0.2) is 0 Å². The predicted molar refractivity (Wildman–Crippen MR) is 136 cm³/mol. The van der Waals surface area contributed by atoms with Crippen LogP contribution in [0.4, 0.5) is 0 Å². The first-order valence-electron chi connectivity index (χ1n) is 12.3. The molecule has 0 aliphatic heterocycles. The van der Waals surface area contributed by atoms with E-state index in [1.807, 2.05) is 0 Å². The molecule has 0 aromatic heterocycles. The molecule has 11 N–H and O–H groups in total. The van der Waals surface area contributed by atoms with Gasteiger partial charge in [-0.1, -0.05) is 13.8 Å². The number of carboxylic acids is 2. The molecule has 0 aliphatic rings. The fourth-order valence-electron chi connectivity index (χ4n) is 3.37. The van der Waals surface area contributed by atoms with Crippen LogP contribution < -0.4 is 32.7 Å². The molecule has 17 nitrogen and oxygen atoms in total. The number of nitrogens with two attached hydrogens (primary N) is 2. The van der Waals surface area contributed by atoms with Crippen LogP contribution in [0.1, 0.15) is 52.9 Å². The van der Waals surface area contributed by atoms with Gasteiger partial charge < -0.3 is 52.8 Å². The molecule has 0 fully saturated rings. The van der Waals surface area contributed by atoms with Gasteiger partial charge in [-0.25, -0.2) is 0 Å². The molecular formula is C23H38N6O11. The van der Waals surface area contributed by atoms with Gasteiger partial charge in [0.1, 0.15) is 24.4 Å². The Bertz CT molecular complexity index is 956. The highest BCUT2D eigenvalue weighted by molar-refractivity contribution is 5.97. The second-order valence-electron chi connectivity index (χ2n) is 9.54. The van der Waals surface area contributed by atoms with Crippen molar-refractivity contribution in [2.24, 2.45) is 17.4 Å². The van der Waals surface area contributed by atoms with Gasteiger partial charge in [-0.15, -0.1) is 0 Å². The lowest BCUT2D eigenvalue weighted by Gasteiger charge is -2.27. The van der Waals surface area contributed by atoms with E-state index in [0.29, 0.717) is 6.29 Å². The number of hydrogen-bond acceptors (Lipinski definition) is 10. The summed E-state index contributed by atoms with van der Waals surface area (Å²) in [4.78, 5) is 95.4. The quantitative estimate of drug-likeness (QED) is 0.0669. The number of carboxylic acid groups (broad SMARTS) is 2. The first-order valence-corrected chi connectivity index (χ1v) is 12.3. The highest BCUT2D eigenvalue weighted by atomic mass is 16.4. The summed E-state index contributed by atoms with van der Waals surface area (Å²) in [6.07, 6.45) is -3.45. The summed E-state index contributed by atoms with van der Waals surface area (Å²) in [5.41, 5.74) is 10.6. The van der Waals surface area contributed by atoms with Crippen LogP contribution in [0, 0.1) is 5.92 Å². The van der Waals surface area contributed by atoms with Crippen molar-refractivity contribution in [1.29, 1.82) is 0 Å². The van der Waals surface area contributed by atoms with Gasteiger partial charge in [-0.2, -0.15) is 0 Å². The van der Waals surface area contributed by atoms with Crippen LogP contribution in [0.2, 0.25) is 0 Å². The van der Waals surface area contributed by atoms with Crippen LogP contribution in [-0.4, -0.2) is 99.4 Å². The first kappa shape index (κ1) is 35.9. The Labute approximate surface area is 229 Å². The zero-order valence-corrected chi connectivity index (χ0v) is 22.4. The number of primary amides is 1. The summed E-state index contributed by atoms with van der Waals surface area (Å²) >= 11 is 0. The molecule has 0 spiro atoms. The fourth-order valence-corrected chi connectivity index (χ4v) is 3.37. The molecule has 0 aromatic rings. The molecule has 0 unspecified atom stereocenters. The number of aliphatic carboxylic acids is 2. The van der Waals surface area contributed by atoms with Gasteiger partial charge in [-0.3, -0.25) is 33.6 Å². The molecule has 17 heteroatoms. The highest BCUT2D eigenvalue weighted by Gasteiger charge is 2.34. The van der Waals surface area contributed by atoms with Crippen molar-refractivity contribution < 1.29 is 53.7 Å². The van der Waals surface area contributed by atoms with Crippen LogP contribution in [0.15, 0.2) is 0 Å². The van der Waals surface area contributed by atoms with E-state index in [4.69, 9.17) is 21.7 Å². The Morgan fingerprint density at radius 1 is 0.775 bits per heavy atom. The van der Waals surface area contributed by atoms with Crippen LogP contribution in [0.5, 0.6) is 0 Å². The smallest absolute Gasteiger partial charge is 0.305 e. The zero-order valence-electron chi connectivity index (χ0n) is 22.4. The van der Waals surface area contributed by atoms with Crippen molar-refractivity contribution in [2.45, 2.75) is 89.2 Å². The standard InChI is InChI=1S/C23H38N6O11/c1-10(2)6-12(9-30)26-22(39)15(8-16(25)32)28-23(40)19(11(3)31)29-21(38)14(4-5-17(33)34)27-20(37)13(24)7-18(35)36/h9-15,19,31H,4-8,24H2,1-3H3,(H2,25,32)(H,26,39)(H,27,37)(H,28,40)(H,29,38)(H,33,34)(H,35,36)/t11-,12+,13+,14+,15+,19+/m1/s1. The third kappa shape index (κ3) is 14.1. The lowest BCUT2D eigenvalue weighted by Crippen LogP contribution is -2.61. The van der Waals surface area contributed by atoms with Crippen molar-refractivity contribution in [3.8, 4) is 0 Å². The molecule has 0 bridgehead atoms. The van der Waals surface area contributed by atoms with Gasteiger partial charge in [0.05, 0.1) is 31.0 Å². The van der Waals surface area contributed by atoms with Crippen LogP contribution in [-0.2, 0) is 38.4 Å². The van der Waals surface area contributed by atoms with Gasteiger partial charge in [0.25, 0.3) is 0 Å². The molecule has 0 radical (unpaired) electrons. The maximum absolute atomic E-state index is 12.9. The molecule has 0 heterocycles. The minimum absolute atomic E-state index is 0.0164. The van der Waals surface area contributed by atoms with Crippen molar-refractivity contribution >= 4 is 47.8 Å². The fraction of sp³-hybridized carbons (Fsp3) is 0.652. The minimum Gasteiger partial charge on any atom is -0.481 e. The van der Waals surface area contributed by atoms with E-state index in [2.05, 4.69) is 21.3 Å². The molecule has 0 aliphatic carbocycles. The zero-order chi connectivity index (χ0) is 31.2. The summed E-state index contributed by atoms with van der Waals surface area (Å²) < 4.78 is 0. The normalized spacial score (nSPS) is 15.3. The number of carbonyl (C=O) groups is 8. The topological polar surface area (TPSA) is 297 Å². The predicted octanol–water partition coefficient (Wildman–Crippen LogP) is -3.91. The summed E-state index contributed by atoms with van der Waals surface area (Å²) in [7, 11) is 0. The van der Waals surface area contributed by atoms with Crippen LogP contribution >= 0.6 is 0 Å². The average molecular weight is 575 g/mol. The molecule has 6 atom stereocenters. The van der Waals surface area contributed by atoms with E-state index in [1.165, 1.54) is 0 Å². The van der Waals surface area contributed by atoms with E-state index in [-0.39, 0.29) is 12.3 Å². The first-order chi connectivity index (χ1) is 18.5. The molecule has 0 rings (SSSR count). The van der Waals surface area contributed by atoms with E-state index in [1.54, 1.807) is 13.8 Å². The van der Waals surface area contributed by atoms with E-state index in [0.717, 1.165) is 6.92 Å². The van der Waals surface area contributed by atoms with Gasteiger partial charge in [0.2, 0.25) is 29.5 Å². The molecule has 0 aromatic carbocycles. The maximum atomic E-state index is 12.9. The van der Waals surface area contributed by atoms with Gasteiger partial charge in [-0.05, 0) is 25.7 Å². The van der Waals surface area contributed by atoms with Crippen molar-refractivity contribution in [2.75, 3.05) is 0 Å². The second kappa shape index (κ2) is 17.5. The Hall–Kier alpha value is -4.12. The van der Waals surface area contributed by atoms with Crippen molar-refractivity contribution in [3.05, 3.63) is 0 Å². The number of hydrogen-bond donors (Lipinski definition) is 9. The molecule has 0 saturated heterocycles. The highest BCUT2D eigenvalue weighted by Crippen LogP contribution is 2.06.